The maximum absolute atomic E-state index is 12.3. The zero-order chi connectivity index (χ0) is 21.4. The molecule has 0 atom stereocenters. The van der Waals surface area contributed by atoms with Gasteiger partial charge < -0.3 is 4.42 Å². The molecule has 156 valence electrons. The van der Waals surface area contributed by atoms with Crippen LogP contribution in [-0.4, -0.2) is 26.3 Å². The highest BCUT2D eigenvalue weighted by molar-refractivity contribution is 6.31. The largest absolute Gasteiger partial charge is 0.421 e. The Hall–Kier alpha value is -2.54. The summed E-state index contributed by atoms with van der Waals surface area (Å²) >= 11 is 12.3. The average molecular weight is 445 g/mol. The first-order chi connectivity index (χ1) is 14.3. The molecule has 6 nitrogen and oxygen atoms in total. The van der Waals surface area contributed by atoms with E-state index in [1.54, 1.807) is 22.8 Å². The van der Waals surface area contributed by atoms with Gasteiger partial charge in [-0.2, -0.15) is 5.10 Å². The number of halogens is 2. The van der Waals surface area contributed by atoms with Crippen molar-refractivity contribution in [3.8, 4) is 0 Å². The molecule has 0 fully saturated rings. The predicted octanol–water partition coefficient (Wildman–Crippen LogP) is 4.85. The van der Waals surface area contributed by atoms with Gasteiger partial charge in [0.2, 0.25) is 0 Å². The summed E-state index contributed by atoms with van der Waals surface area (Å²) in [6, 6.07) is 13.0. The van der Waals surface area contributed by atoms with Gasteiger partial charge in [-0.05, 0) is 44.7 Å². The zero-order valence-electron chi connectivity index (χ0n) is 17.0. The number of rotatable bonds is 6. The van der Waals surface area contributed by atoms with Crippen LogP contribution in [0.15, 0.2) is 51.7 Å². The van der Waals surface area contributed by atoms with Gasteiger partial charge in [0.25, 0.3) is 0 Å². The molecule has 8 heteroatoms. The topological polar surface area (TPSA) is 56.2 Å². The van der Waals surface area contributed by atoms with Crippen LogP contribution >= 0.6 is 23.2 Å². The van der Waals surface area contributed by atoms with Gasteiger partial charge in [-0.15, -0.1) is 0 Å². The predicted molar refractivity (Wildman–Crippen MR) is 119 cm³/mol. The SMILES string of the molecule is Cc1nn(Cc2ccccc2Cl)c(C)c1CN(C)Cn1c(=O)oc2cc(Cl)ccc21. The van der Waals surface area contributed by atoms with Crippen molar-refractivity contribution in [2.45, 2.75) is 33.6 Å². The minimum Gasteiger partial charge on any atom is -0.408 e. The molecule has 2 heterocycles. The van der Waals surface area contributed by atoms with E-state index in [1.807, 2.05) is 42.9 Å². The molecule has 0 unspecified atom stereocenters. The molecule has 0 bridgehead atoms. The molecular weight excluding hydrogens is 423 g/mol. The molecule has 0 aliphatic carbocycles. The highest BCUT2D eigenvalue weighted by Crippen LogP contribution is 2.22. The van der Waals surface area contributed by atoms with Crippen LogP contribution in [0.1, 0.15) is 22.5 Å². The summed E-state index contributed by atoms with van der Waals surface area (Å²) in [7, 11) is 1.96. The quantitative estimate of drug-likeness (QED) is 0.426. The van der Waals surface area contributed by atoms with E-state index in [4.69, 9.17) is 32.7 Å². The summed E-state index contributed by atoms with van der Waals surface area (Å²) < 4.78 is 8.90. The summed E-state index contributed by atoms with van der Waals surface area (Å²) in [4.78, 5) is 14.4. The van der Waals surface area contributed by atoms with Crippen molar-refractivity contribution in [2.75, 3.05) is 7.05 Å². The maximum atomic E-state index is 12.3. The minimum atomic E-state index is -0.401. The number of hydrogen-bond donors (Lipinski definition) is 0. The molecule has 0 aliphatic heterocycles. The molecule has 0 radical (unpaired) electrons. The number of fused-ring (bicyclic) bond motifs is 1. The summed E-state index contributed by atoms with van der Waals surface area (Å²) in [5.41, 5.74) is 5.41. The summed E-state index contributed by atoms with van der Waals surface area (Å²) in [5.74, 6) is -0.401. The number of hydrogen-bond acceptors (Lipinski definition) is 4. The van der Waals surface area contributed by atoms with Gasteiger partial charge >= 0.3 is 5.76 Å². The molecule has 0 spiro atoms. The summed E-state index contributed by atoms with van der Waals surface area (Å²) in [6.07, 6.45) is 0. The van der Waals surface area contributed by atoms with Crippen LogP contribution in [0.4, 0.5) is 0 Å². The molecular formula is C22H22Cl2N4O2. The first-order valence-electron chi connectivity index (χ1n) is 9.57. The lowest BCUT2D eigenvalue weighted by Gasteiger charge is -2.17. The van der Waals surface area contributed by atoms with E-state index >= 15 is 0 Å². The second-order valence-corrected chi connectivity index (χ2v) is 8.31. The Morgan fingerprint density at radius 2 is 1.90 bits per heavy atom. The molecule has 2 aromatic carbocycles. The van der Waals surface area contributed by atoms with Crippen LogP contribution in [0.5, 0.6) is 0 Å². The average Bonchev–Trinajstić information content (AvgIpc) is 3.13. The molecule has 30 heavy (non-hydrogen) atoms. The standard InChI is InChI=1S/C22H22Cl2N4O2/c1-14-18(15(2)28(25-14)11-16-6-4-5-7-19(16)24)12-26(3)13-27-20-9-8-17(23)10-21(20)30-22(27)29/h4-10H,11-13H2,1-3H3. The first-order valence-corrected chi connectivity index (χ1v) is 10.3. The second kappa shape index (κ2) is 8.30. The van der Waals surface area contributed by atoms with Crippen LogP contribution < -0.4 is 5.76 Å². The van der Waals surface area contributed by atoms with Crippen LogP contribution in [0.25, 0.3) is 11.1 Å². The zero-order valence-corrected chi connectivity index (χ0v) is 18.5. The number of aryl methyl sites for hydroxylation is 1. The van der Waals surface area contributed by atoms with Gasteiger partial charge in [0.1, 0.15) is 0 Å². The number of nitrogens with zero attached hydrogens (tertiary/aromatic N) is 4. The Kier molecular flexibility index (Phi) is 5.73. The summed E-state index contributed by atoms with van der Waals surface area (Å²) in [6.45, 7) is 5.71. The van der Waals surface area contributed by atoms with Gasteiger partial charge in [0.05, 0.1) is 24.4 Å². The highest BCUT2D eigenvalue weighted by Gasteiger charge is 2.17. The third-order valence-corrected chi connectivity index (χ3v) is 5.85. The highest BCUT2D eigenvalue weighted by atomic mass is 35.5. The summed E-state index contributed by atoms with van der Waals surface area (Å²) in [5, 5.41) is 5.97. The van der Waals surface area contributed by atoms with Crippen molar-refractivity contribution in [3.05, 3.63) is 85.6 Å². The first kappa shape index (κ1) is 20.7. The van der Waals surface area contributed by atoms with E-state index in [0.29, 0.717) is 30.4 Å². The third-order valence-electron chi connectivity index (χ3n) is 5.25. The van der Waals surface area contributed by atoms with E-state index in [0.717, 1.165) is 33.1 Å². The minimum absolute atomic E-state index is 0.391. The van der Waals surface area contributed by atoms with Crippen molar-refractivity contribution in [1.29, 1.82) is 0 Å². The molecule has 4 aromatic rings. The van der Waals surface area contributed by atoms with Crippen molar-refractivity contribution in [3.63, 3.8) is 0 Å². The molecule has 0 saturated carbocycles. The fourth-order valence-electron chi connectivity index (χ4n) is 3.64. The van der Waals surface area contributed by atoms with Crippen LogP contribution in [-0.2, 0) is 19.8 Å². The maximum Gasteiger partial charge on any atom is 0.421 e. The molecule has 0 amide bonds. The van der Waals surface area contributed by atoms with Crippen LogP contribution in [0, 0.1) is 13.8 Å². The Morgan fingerprint density at radius 3 is 2.67 bits per heavy atom. The molecule has 0 aliphatic rings. The van der Waals surface area contributed by atoms with Gasteiger partial charge in [0, 0.05) is 33.9 Å². The van der Waals surface area contributed by atoms with E-state index in [-0.39, 0.29) is 0 Å². The lowest BCUT2D eigenvalue weighted by Crippen LogP contribution is -2.27. The van der Waals surface area contributed by atoms with E-state index in [9.17, 15) is 4.79 Å². The monoisotopic (exact) mass is 444 g/mol. The van der Waals surface area contributed by atoms with Crippen molar-refractivity contribution in [2.24, 2.45) is 0 Å². The van der Waals surface area contributed by atoms with E-state index in [2.05, 4.69) is 11.8 Å². The third kappa shape index (κ3) is 4.03. The lowest BCUT2D eigenvalue weighted by atomic mass is 10.2. The fourth-order valence-corrected chi connectivity index (χ4v) is 4.00. The Morgan fingerprint density at radius 1 is 1.13 bits per heavy atom. The Balaban J connectivity index is 1.55. The Labute approximate surface area is 184 Å². The van der Waals surface area contributed by atoms with Gasteiger partial charge in [-0.3, -0.25) is 14.1 Å². The number of benzene rings is 2. The lowest BCUT2D eigenvalue weighted by molar-refractivity contribution is 0.252. The van der Waals surface area contributed by atoms with Gasteiger partial charge in [-0.25, -0.2) is 4.79 Å². The van der Waals surface area contributed by atoms with E-state index in [1.165, 1.54) is 0 Å². The smallest absolute Gasteiger partial charge is 0.408 e. The molecule has 0 saturated heterocycles. The normalized spacial score (nSPS) is 11.7. The fraction of sp³-hybridized carbons (Fsp3) is 0.273. The molecule has 2 aromatic heterocycles. The number of oxazole rings is 1. The number of aromatic nitrogens is 3. The molecule has 0 N–H and O–H groups in total. The Bertz CT molecular complexity index is 1270. The van der Waals surface area contributed by atoms with Gasteiger partial charge in [0.15, 0.2) is 5.58 Å². The van der Waals surface area contributed by atoms with Crippen LogP contribution in [0.2, 0.25) is 10.0 Å². The van der Waals surface area contributed by atoms with E-state index < -0.39 is 5.76 Å². The van der Waals surface area contributed by atoms with Crippen molar-refractivity contribution in [1.82, 2.24) is 19.2 Å². The van der Waals surface area contributed by atoms with Gasteiger partial charge in [-0.1, -0.05) is 41.4 Å². The van der Waals surface area contributed by atoms with Crippen molar-refractivity contribution < 1.29 is 4.42 Å². The molecule has 4 rings (SSSR count). The second-order valence-electron chi connectivity index (χ2n) is 7.46. The van der Waals surface area contributed by atoms with Crippen molar-refractivity contribution >= 4 is 34.3 Å². The van der Waals surface area contributed by atoms with Crippen LogP contribution in [0.3, 0.4) is 0 Å².